The second kappa shape index (κ2) is 11.0. The third-order valence-electron chi connectivity index (χ3n) is 5.27. The van der Waals surface area contributed by atoms with E-state index in [9.17, 15) is 18.5 Å². The van der Waals surface area contributed by atoms with Crippen molar-refractivity contribution in [3.05, 3.63) is 64.4 Å². The number of hydrogen-bond donors (Lipinski definition) is 2. The molecule has 1 aromatic carbocycles. The number of pyridine rings is 1. The Bertz CT molecular complexity index is 1370. The van der Waals surface area contributed by atoms with Crippen molar-refractivity contribution < 1.29 is 13.2 Å². The lowest BCUT2D eigenvalue weighted by atomic mass is 9.95. The number of fused-ring (bicyclic) bond motifs is 1. The Morgan fingerprint density at radius 1 is 1.11 bits per heavy atom. The average Bonchev–Trinajstić information content (AvgIpc) is 2.85. The van der Waals surface area contributed by atoms with Crippen LogP contribution in [0.4, 0.5) is 11.5 Å². The highest BCUT2D eigenvalue weighted by Crippen LogP contribution is 2.27. The Morgan fingerprint density at radius 3 is 2.60 bits per heavy atom. The molecule has 2 N–H and O–H groups in total. The zero-order valence-electron chi connectivity index (χ0n) is 18.5. The molecule has 0 spiro atoms. The maximum absolute atomic E-state index is 12.5. The number of sulfonamides is 1. The van der Waals surface area contributed by atoms with Crippen molar-refractivity contribution in [3.63, 3.8) is 0 Å². The van der Waals surface area contributed by atoms with Crippen molar-refractivity contribution in [1.29, 1.82) is 5.26 Å². The Hall–Kier alpha value is -3.20. The maximum Gasteiger partial charge on any atom is 0.263 e. The number of carbonyl (C=O) groups excluding carboxylic acids is 1. The van der Waals surface area contributed by atoms with E-state index in [4.69, 9.17) is 11.6 Å². The molecule has 0 fully saturated rings. The van der Waals surface area contributed by atoms with Gasteiger partial charge in [-0.1, -0.05) is 11.6 Å². The van der Waals surface area contributed by atoms with E-state index in [2.05, 4.69) is 31.3 Å². The van der Waals surface area contributed by atoms with Crippen LogP contribution in [-0.4, -0.2) is 35.3 Å². The molecule has 0 unspecified atom stereocenters. The van der Waals surface area contributed by atoms with Crippen molar-refractivity contribution in [3.8, 4) is 6.07 Å². The summed E-state index contributed by atoms with van der Waals surface area (Å²) in [6, 6.07) is 12.7. The summed E-state index contributed by atoms with van der Waals surface area (Å²) in [6.07, 6.45) is 4.31. The second-order valence-electron chi connectivity index (χ2n) is 7.78. The van der Waals surface area contributed by atoms with Gasteiger partial charge in [-0.25, -0.2) is 13.4 Å². The summed E-state index contributed by atoms with van der Waals surface area (Å²) in [4.78, 5) is 17.0. The minimum Gasteiger partial charge on any atom is -0.326 e. The molecule has 0 radical (unpaired) electrons. The molecule has 0 bridgehead atoms. The van der Waals surface area contributed by atoms with E-state index in [0.717, 1.165) is 36.9 Å². The predicted molar refractivity (Wildman–Crippen MR) is 134 cm³/mol. The van der Waals surface area contributed by atoms with Crippen molar-refractivity contribution in [2.45, 2.75) is 42.0 Å². The number of hydrogen-bond acceptors (Lipinski definition) is 8. The number of thioether (sulfide) groups is 1. The Balaban J connectivity index is 1.31. The van der Waals surface area contributed by atoms with Crippen LogP contribution in [-0.2, 0) is 27.7 Å². The Kier molecular flexibility index (Phi) is 7.85. The van der Waals surface area contributed by atoms with E-state index < -0.39 is 10.0 Å². The summed E-state index contributed by atoms with van der Waals surface area (Å²) < 4.78 is 27.3. The average molecular weight is 529 g/mol. The molecule has 1 aliphatic rings. The highest BCUT2D eigenvalue weighted by molar-refractivity contribution is 7.99. The van der Waals surface area contributed by atoms with Crippen LogP contribution < -0.4 is 10.0 Å². The zero-order chi connectivity index (χ0) is 24.8. The molecule has 0 saturated heterocycles. The number of nitrogens with one attached hydrogen (secondary N) is 2. The summed E-state index contributed by atoms with van der Waals surface area (Å²) in [5.41, 5.74) is 3.22. The first-order valence-electron chi connectivity index (χ1n) is 10.8. The lowest BCUT2D eigenvalue weighted by Crippen LogP contribution is -2.15. The van der Waals surface area contributed by atoms with Gasteiger partial charge < -0.3 is 5.32 Å². The van der Waals surface area contributed by atoms with E-state index >= 15 is 0 Å². The number of halogens is 1. The minimum absolute atomic E-state index is 0.00493. The first kappa shape index (κ1) is 24.9. The monoisotopic (exact) mass is 528 g/mol. The Labute approximate surface area is 212 Å². The van der Waals surface area contributed by atoms with Gasteiger partial charge in [0.2, 0.25) is 5.91 Å². The van der Waals surface area contributed by atoms with Crippen molar-refractivity contribution in [2.75, 3.05) is 15.8 Å². The van der Waals surface area contributed by atoms with E-state index in [1.165, 1.54) is 48.2 Å². The lowest BCUT2D eigenvalue weighted by molar-refractivity contribution is -0.115. The zero-order valence-corrected chi connectivity index (χ0v) is 20.9. The molecule has 180 valence electrons. The van der Waals surface area contributed by atoms with E-state index in [1.807, 2.05) is 6.07 Å². The number of benzene rings is 1. The van der Waals surface area contributed by atoms with Gasteiger partial charge in [0.05, 0.1) is 10.5 Å². The van der Waals surface area contributed by atoms with Gasteiger partial charge in [0, 0.05) is 23.6 Å². The van der Waals surface area contributed by atoms with Crippen LogP contribution in [0.15, 0.2) is 52.4 Å². The van der Waals surface area contributed by atoms with Gasteiger partial charge >= 0.3 is 0 Å². The van der Waals surface area contributed by atoms with E-state index in [-0.39, 0.29) is 28.2 Å². The molecule has 0 saturated carbocycles. The molecule has 9 nitrogen and oxygen atoms in total. The highest BCUT2D eigenvalue weighted by Gasteiger charge is 2.17. The molecule has 2 heterocycles. The van der Waals surface area contributed by atoms with Crippen LogP contribution in [0, 0.1) is 11.3 Å². The molecule has 1 amide bonds. The fraction of sp³-hybridized carbons (Fsp3) is 0.261. The SMILES string of the molecule is N#Cc1cc2c(nc1SCCC(=O)Nc1ccc(S(=O)(=O)Nc3ccc(Cl)nn3)cc1)CCCC2. The number of carbonyl (C=O) groups is 1. The summed E-state index contributed by atoms with van der Waals surface area (Å²) >= 11 is 7.05. The number of nitriles is 1. The minimum atomic E-state index is -3.87. The van der Waals surface area contributed by atoms with Crippen LogP contribution in [0.2, 0.25) is 5.15 Å². The molecule has 0 atom stereocenters. The summed E-state index contributed by atoms with van der Waals surface area (Å²) in [5, 5.41) is 20.3. The standard InChI is InChI=1S/C23H21ClN6O3S2/c24-20-9-10-21(29-28-20)30-35(32,33)18-7-5-17(6-8-18)26-22(31)11-12-34-23-16(14-25)13-15-3-1-2-4-19(15)27-23/h5-10,13H,1-4,11-12H2,(H,26,31)(H,29,30). The van der Waals surface area contributed by atoms with Crippen LogP contribution in [0.1, 0.15) is 36.1 Å². The number of nitrogens with zero attached hydrogens (tertiary/aromatic N) is 4. The highest BCUT2D eigenvalue weighted by atomic mass is 35.5. The van der Waals surface area contributed by atoms with Crippen molar-refractivity contribution in [1.82, 2.24) is 15.2 Å². The molecule has 4 rings (SSSR count). The van der Waals surface area contributed by atoms with Crippen molar-refractivity contribution >= 4 is 50.8 Å². The normalized spacial score (nSPS) is 12.9. The molecular formula is C23H21ClN6O3S2. The number of rotatable bonds is 8. The molecule has 12 heteroatoms. The lowest BCUT2D eigenvalue weighted by Gasteiger charge is -2.16. The molecule has 35 heavy (non-hydrogen) atoms. The molecule has 3 aromatic rings. The van der Waals surface area contributed by atoms with Gasteiger partial charge in [-0.3, -0.25) is 9.52 Å². The van der Waals surface area contributed by atoms with Gasteiger partial charge in [-0.05, 0) is 73.7 Å². The quantitative estimate of drug-likeness (QED) is 0.415. The number of aryl methyl sites for hydroxylation is 2. The van der Waals surface area contributed by atoms with E-state index in [0.29, 0.717) is 22.0 Å². The molecule has 0 aliphatic heterocycles. The fourth-order valence-electron chi connectivity index (χ4n) is 3.55. The number of amides is 1. The molecule has 1 aliphatic carbocycles. The fourth-order valence-corrected chi connectivity index (χ4v) is 5.57. The van der Waals surface area contributed by atoms with Gasteiger partial charge in [0.15, 0.2) is 11.0 Å². The van der Waals surface area contributed by atoms with Gasteiger partial charge in [-0.15, -0.1) is 22.0 Å². The number of aromatic nitrogens is 3. The molecule has 2 aromatic heterocycles. The maximum atomic E-state index is 12.5. The van der Waals surface area contributed by atoms with Crippen LogP contribution in [0.5, 0.6) is 0 Å². The van der Waals surface area contributed by atoms with E-state index in [1.54, 1.807) is 0 Å². The van der Waals surface area contributed by atoms with Crippen LogP contribution >= 0.6 is 23.4 Å². The largest absolute Gasteiger partial charge is 0.326 e. The summed E-state index contributed by atoms with van der Waals surface area (Å²) in [7, 11) is -3.87. The molecular weight excluding hydrogens is 508 g/mol. The Morgan fingerprint density at radius 2 is 1.89 bits per heavy atom. The third-order valence-corrected chi connectivity index (χ3v) is 7.84. The predicted octanol–water partition coefficient (Wildman–Crippen LogP) is 4.20. The first-order chi connectivity index (χ1) is 16.8. The van der Waals surface area contributed by atoms with Crippen LogP contribution in [0.25, 0.3) is 0 Å². The smallest absolute Gasteiger partial charge is 0.263 e. The first-order valence-corrected chi connectivity index (χ1v) is 13.7. The second-order valence-corrected chi connectivity index (χ2v) is 10.9. The summed E-state index contributed by atoms with van der Waals surface area (Å²) in [6.45, 7) is 0. The van der Waals surface area contributed by atoms with Gasteiger partial charge in [-0.2, -0.15) is 5.26 Å². The topological polar surface area (TPSA) is 138 Å². The van der Waals surface area contributed by atoms with Gasteiger partial charge in [0.25, 0.3) is 10.0 Å². The number of anilines is 2. The summed E-state index contributed by atoms with van der Waals surface area (Å²) in [5.74, 6) is 0.279. The van der Waals surface area contributed by atoms with Gasteiger partial charge in [0.1, 0.15) is 11.1 Å². The van der Waals surface area contributed by atoms with Crippen molar-refractivity contribution in [2.24, 2.45) is 0 Å². The van der Waals surface area contributed by atoms with Crippen LogP contribution in [0.3, 0.4) is 0 Å². The third kappa shape index (κ3) is 6.48.